The molecule has 0 aliphatic rings. The average Bonchev–Trinajstić information content (AvgIpc) is 3.30. The van der Waals surface area contributed by atoms with Crippen LogP contribution in [0, 0.1) is 0 Å². The van der Waals surface area contributed by atoms with Crippen LogP contribution in [-0.2, 0) is 17.8 Å². The Morgan fingerprint density at radius 2 is 2.17 bits per heavy atom. The standard InChI is InChI=1S/C15H16N6O2S/c1-2-11-9-24-15(18-11)7-16-14(22)8-23-13-5-3-12(4-6-13)21-10-17-19-20-21/h3-6,9-10H,2,7-8H2,1H3,(H,16,22). The van der Waals surface area contributed by atoms with Gasteiger partial charge in [-0.05, 0) is 41.1 Å². The van der Waals surface area contributed by atoms with E-state index >= 15 is 0 Å². The van der Waals surface area contributed by atoms with Gasteiger partial charge in [0, 0.05) is 5.38 Å². The minimum atomic E-state index is -0.187. The highest BCUT2D eigenvalue weighted by Gasteiger charge is 2.06. The predicted octanol–water partition coefficient (Wildman–Crippen LogP) is 1.38. The van der Waals surface area contributed by atoms with Gasteiger partial charge in [-0.2, -0.15) is 0 Å². The molecule has 0 saturated heterocycles. The number of carbonyl (C=O) groups is 1. The van der Waals surface area contributed by atoms with Crippen LogP contribution in [0.1, 0.15) is 17.6 Å². The van der Waals surface area contributed by atoms with E-state index in [1.807, 2.05) is 17.5 Å². The van der Waals surface area contributed by atoms with Crippen molar-refractivity contribution in [2.45, 2.75) is 19.9 Å². The molecule has 0 bridgehead atoms. The van der Waals surface area contributed by atoms with Crippen LogP contribution in [-0.4, -0.2) is 37.7 Å². The Kier molecular flexibility index (Phi) is 5.12. The summed E-state index contributed by atoms with van der Waals surface area (Å²) in [6.45, 7) is 2.43. The highest BCUT2D eigenvalue weighted by Crippen LogP contribution is 2.14. The Hall–Kier alpha value is -2.81. The van der Waals surface area contributed by atoms with Gasteiger partial charge in [0.2, 0.25) is 0 Å². The predicted molar refractivity (Wildman–Crippen MR) is 88.0 cm³/mol. The molecule has 3 rings (SSSR count). The second-order valence-corrected chi connectivity index (χ2v) is 5.84. The first-order chi connectivity index (χ1) is 11.7. The first kappa shape index (κ1) is 16.1. The second kappa shape index (κ2) is 7.64. The number of carbonyl (C=O) groups excluding carboxylic acids is 1. The first-order valence-electron chi connectivity index (χ1n) is 7.41. The van der Waals surface area contributed by atoms with E-state index in [0.29, 0.717) is 12.3 Å². The van der Waals surface area contributed by atoms with E-state index in [1.165, 1.54) is 11.0 Å². The lowest BCUT2D eigenvalue weighted by Gasteiger charge is -2.07. The molecule has 1 N–H and O–H groups in total. The van der Waals surface area contributed by atoms with Gasteiger partial charge in [0.25, 0.3) is 5.91 Å². The topological polar surface area (TPSA) is 94.8 Å². The molecule has 8 nitrogen and oxygen atoms in total. The summed E-state index contributed by atoms with van der Waals surface area (Å²) in [5.74, 6) is 0.414. The van der Waals surface area contributed by atoms with Crippen molar-refractivity contribution in [2.24, 2.45) is 0 Å². The monoisotopic (exact) mass is 344 g/mol. The summed E-state index contributed by atoms with van der Waals surface area (Å²) in [7, 11) is 0. The van der Waals surface area contributed by atoms with E-state index in [0.717, 1.165) is 22.8 Å². The number of aryl methyl sites for hydroxylation is 1. The van der Waals surface area contributed by atoms with Crippen molar-refractivity contribution >= 4 is 17.2 Å². The minimum absolute atomic E-state index is 0.0454. The number of rotatable bonds is 7. The van der Waals surface area contributed by atoms with Crippen molar-refractivity contribution in [2.75, 3.05) is 6.61 Å². The largest absolute Gasteiger partial charge is 0.484 e. The zero-order valence-electron chi connectivity index (χ0n) is 13.0. The summed E-state index contributed by atoms with van der Waals surface area (Å²) in [6, 6.07) is 7.15. The number of thiazole rings is 1. The molecule has 0 unspecified atom stereocenters. The zero-order valence-corrected chi connectivity index (χ0v) is 13.9. The number of benzene rings is 1. The molecule has 9 heteroatoms. The Labute approximate surface area is 142 Å². The third-order valence-corrected chi connectivity index (χ3v) is 4.12. The highest BCUT2D eigenvalue weighted by atomic mass is 32.1. The summed E-state index contributed by atoms with van der Waals surface area (Å²) in [5, 5.41) is 16.6. The van der Waals surface area contributed by atoms with E-state index in [2.05, 4.69) is 32.7 Å². The van der Waals surface area contributed by atoms with Crippen LogP contribution in [0.15, 0.2) is 36.0 Å². The number of hydrogen-bond donors (Lipinski definition) is 1. The van der Waals surface area contributed by atoms with Gasteiger partial charge in [0.05, 0.1) is 17.9 Å². The van der Waals surface area contributed by atoms with Crippen molar-refractivity contribution < 1.29 is 9.53 Å². The van der Waals surface area contributed by atoms with Gasteiger partial charge < -0.3 is 10.1 Å². The van der Waals surface area contributed by atoms with E-state index in [9.17, 15) is 4.79 Å². The summed E-state index contributed by atoms with van der Waals surface area (Å²) in [5.41, 5.74) is 1.86. The highest BCUT2D eigenvalue weighted by molar-refractivity contribution is 7.09. The lowest BCUT2D eigenvalue weighted by molar-refractivity contribution is -0.123. The average molecular weight is 344 g/mol. The van der Waals surface area contributed by atoms with Crippen LogP contribution in [0.2, 0.25) is 0 Å². The van der Waals surface area contributed by atoms with Crippen molar-refractivity contribution in [3.8, 4) is 11.4 Å². The Bertz CT molecular complexity index is 785. The maximum Gasteiger partial charge on any atom is 0.258 e. The molecular weight excluding hydrogens is 328 g/mol. The van der Waals surface area contributed by atoms with Gasteiger partial charge in [-0.25, -0.2) is 9.67 Å². The third kappa shape index (κ3) is 4.13. The Morgan fingerprint density at radius 3 is 2.83 bits per heavy atom. The summed E-state index contributed by atoms with van der Waals surface area (Å²) in [6.07, 6.45) is 2.40. The summed E-state index contributed by atoms with van der Waals surface area (Å²) >= 11 is 1.55. The molecule has 0 fully saturated rings. The van der Waals surface area contributed by atoms with Gasteiger partial charge in [-0.15, -0.1) is 16.4 Å². The van der Waals surface area contributed by atoms with Gasteiger partial charge in [0.15, 0.2) is 6.61 Å². The lowest BCUT2D eigenvalue weighted by Crippen LogP contribution is -2.28. The van der Waals surface area contributed by atoms with Gasteiger partial charge in [-0.1, -0.05) is 6.92 Å². The van der Waals surface area contributed by atoms with Crippen LogP contribution in [0.3, 0.4) is 0 Å². The van der Waals surface area contributed by atoms with E-state index in [1.54, 1.807) is 23.5 Å². The maximum atomic E-state index is 11.8. The van der Waals surface area contributed by atoms with Crippen LogP contribution in [0.25, 0.3) is 5.69 Å². The molecule has 2 heterocycles. The summed E-state index contributed by atoms with van der Waals surface area (Å²) in [4.78, 5) is 16.2. The number of hydrogen-bond acceptors (Lipinski definition) is 7. The van der Waals surface area contributed by atoms with Crippen molar-refractivity contribution in [3.05, 3.63) is 46.7 Å². The fourth-order valence-corrected chi connectivity index (χ4v) is 2.76. The molecule has 24 heavy (non-hydrogen) atoms. The number of aromatic nitrogens is 5. The molecule has 124 valence electrons. The molecule has 0 radical (unpaired) electrons. The molecule has 1 amide bonds. The first-order valence-corrected chi connectivity index (χ1v) is 8.28. The van der Waals surface area contributed by atoms with Crippen molar-refractivity contribution in [1.29, 1.82) is 0 Å². The molecule has 1 aromatic carbocycles. The normalized spacial score (nSPS) is 10.5. The SMILES string of the molecule is CCc1csc(CNC(=O)COc2ccc(-n3cnnn3)cc2)n1. The van der Waals surface area contributed by atoms with Gasteiger partial charge in [0.1, 0.15) is 17.1 Å². The third-order valence-electron chi connectivity index (χ3n) is 3.22. The molecule has 2 aromatic heterocycles. The molecule has 0 spiro atoms. The Morgan fingerprint density at radius 1 is 1.33 bits per heavy atom. The van der Waals surface area contributed by atoms with Crippen LogP contribution in [0.5, 0.6) is 5.75 Å². The van der Waals surface area contributed by atoms with Crippen molar-refractivity contribution in [1.82, 2.24) is 30.5 Å². The maximum absolute atomic E-state index is 11.8. The van der Waals surface area contributed by atoms with E-state index in [-0.39, 0.29) is 12.5 Å². The van der Waals surface area contributed by atoms with E-state index < -0.39 is 0 Å². The molecule has 0 saturated carbocycles. The molecular formula is C15H16N6O2S. The quantitative estimate of drug-likeness (QED) is 0.696. The number of nitrogens with zero attached hydrogens (tertiary/aromatic N) is 5. The fourth-order valence-electron chi connectivity index (χ4n) is 1.94. The van der Waals surface area contributed by atoms with Gasteiger partial charge >= 0.3 is 0 Å². The lowest BCUT2D eigenvalue weighted by atomic mass is 10.3. The van der Waals surface area contributed by atoms with Crippen LogP contribution >= 0.6 is 11.3 Å². The minimum Gasteiger partial charge on any atom is -0.484 e. The van der Waals surface area contributed by atoms with Crippen molar-refractivity contribution in [3.63, 3.8) is 0 Å². The second-order valence-electron chi connectivity index (χ2n) is 4.90. The molecule has 0 atom stereocenters. The molecule has 0 aliphatic carbocycles. The number of amides is 1. The fraction of sp³-hybridized carbons (Fsp3) is 0.267. The van der Waals surface area contributed by atoms with E-state index in [4.69, 9.17) is 4.74 Å². The molecule has 3 aromatic rings. The smallest absolute Gasteiger partial charge is 0.258 e. The molecule has 0 aliphatic heterocycles. The van der Waals surface area contributed by atoms with Crippen LogP contribution in [0.4, 0.5) is 0 Å². The number of tetrazole rings is 1. The van der Waals surface area contributed by atoms with Crippen LogP contribution < -0.4 is 10.1 Å². The van der Waals surface area contributed by atoms with Gasteiger partial charge in [-0.3, -0.25) is 4.79 Å². The summed E-state index contributed by atoms with van der Waals surface area (Å²) < 4.78 is 7.00. The Balaban J connectivity index is 1.45. The number of ether oxygens (including phenoxy) is 1. The number of nitrogens with one attached hydrogen (secondary N) is 1. The zero-order chi connectivity index (χ0) is 16.8.